The predicted molar refractivity (Wildman–Crippen MR) is 58.3 cm³/mol. The summed E-state index contributed by atoms with van der Waals surface area (Å²) >= 11 is 1.94. The molecule has 0 spiro atoms. The predicted octanol–water partition coefficient (Wildman–Crippen LogP) is 1.69. The highest BCUT2D eigenvalue weighted by Crippen LogP contribution is 2.22. The van der Waals surface area contributed by atoms with Gasteiger partial charge >= 0.3 is 5.97 Å². The molecule has 0 heterocycles. The van der Waals surface area contributed by atoms with Gasteiger partial charge in [-0.3, -0.25) is 0 Å². The topological polar surface area (TPSA) is 63.3 Å². The first-order valence-corrected chi connectivity index (χ1v) is 4.91. The summed E-state index contributed by atoms with van der Waals surface area (Å²) in [6, 6.07) is 4.27. The monoisotopic (exact) mass is 309 g/mol. The van der Waals surface area contributed by atoms with Crippen molar-refractivity contribution in [2.45, 2.75) is 12.5 Å². The highest BCUT2D eigenvalue weighted by atomic mass is 127. The molecule has 0 amide bonds. The molecule has 0 aliphatic carbocycles. The molecule has 14 heavy (non-hydrogen) atoms. The van der Waals surface area contributed by atoms with E-state index in [0.29, 0.717) is 3.57 Å². The van der Waals surface area contributed by atoms with Gasteiger partial charge in [0.2, 0.25) is 0 Å². The Morgan fingerprint density at radius 3 is 2.64 bits per heavy atom. The van der Waals surface area contributed by atoms with Crippen LogP contribution in [0.4, 0.5) is 4.39 Å². The van der Waals surface area contributed by atoms with Gasteiger partial charge in [0.25, 0.3) is 0 Å². The third-order valence-electron chi connectivity index (χ3n) is 1.93. The quantitative estimate of drug-likeness (QED) is 0.817. The first-order chi connectivity index (χ1) is 6.35. The fourth-order valence-electron chi connectivity index (χ4n) is 1.03. The maximum Gasteiger partial charge on any atom is 0.328 e. The number of hydrogen-bond acceptors (Lipinski definition) is 2. The number of rotatable bonds is 2. The van der Waals surface area contributed by atoms with Crippen LogP contribution in [0.5, 0.6) is 0 Å². The third-order valence-corrected chi connectivity index (χ3v) is 2.61. The van der Waals surface area contributed by atoms with Crippen molar-refractivity contribution in [2.24, 2.45) is 5.73 Å². The van der Waals surface area contributed by atoms with Crippen LogP contribution in [0, 0.1) is 9.39 Å². The van der Waals surface area contributed by atoms with E-state index in [0.717, 1.165) is 0 Å². The Labute approximate surface area is 94.2 Å². The first kappa shape index (κ1) is 11.4. The molecule has 0 saturated heterocycles. The molecule has 0 aliphatic rings. The molecule has 0 saturated carbocycles. The summed E-state index contributed by atoms with van der Waals surface area (Å²) < 4.78 is 14.1. The highest BCUT2D eigenvalue weighted by molar-refractivity contribution is 14.1. The Balaban J connectivity index is 3.26. The zero-order chi connectivity index (χ0) is 10.9. The van der Waals surface area contributed by atoms with E-state index in [4.69, 9.17) is 10.8 Å². The van der Waals surface area contributed by atoms with Crippen LogP contribution in [0.3, 0.4) is 0 Å². The van der Waals surface area contributed by atoms with Crippen molar-refractivity contribution in [2.75, 3.05) is 0 Å². The lowest BCUT2D eigenvalue weighted by Crippen LogP contribution is -2.42. The average molecular weight is 309 g/mol. The molecule has 76 valence electrons. The summed E-state index contributed by atoms with van der Waals surface area (Å²) in [5.74, 6) is -1.85. The van der Waals surface area contributed by atoms with Gasteiger partial charge in [0, 0.05) is 9.13 Å². The Bertz CT molecular complexity index is 379. The summed E-state index contributed by atoms with van der Waals surface area (Å²) in [5.41, 5.74) is 3.79. The van der Waals surface area contributed by atoms with Gasteiger partial charge in [0.05, 0.1) is 0 Å². The number of benzene rings is 1. The fraction of sp³-hybridized carbons (Fsp3) is 0.222. The molecule has 0 radical (unpaired) electrons. The summed E-state index contributed by atoms with van der Waals surface area (Å²) in [5, 5.41) is 8.79. The molecule has 5 heteroatoms. The van der Waals surface area contributed by atoms with Crippen LogP contribution in [-0.2, 0) is 10.3 Å². The molecule has 0 bridgehead atoms. The number of halogens is 2. The Morgan fingerprint density at radius 2 is 2.21 bits per heavy atom. The molecular formula is C9H9FINO2. The molecule has 1 rings (SSSR count). The van der Waals surface area contributed by atoms with E-state index in [1.807, 2.05) is 22.6 Å². The molecule has 0 fully saturated rings. The standard InChI is InChI=1S/C9H9FINO2/c1-9(12,8(13)14)6-3-2-5(11)4-7(6)10/h2-4H,12H2,1H3,(H,13,14). The maximum atomic E-state index is 13.4. The number of aliphatic carboxylic acids is 1. The summed E-state index contributed by atoms with van der Waals surface area (Å²) in [6.07, 6.45) is 0. The van der Waals surface area contributed by atoms with E-state index in [9.17, 15) is 9.18 Å². The molecule has 1 unspecified atom stereocenters. The Kier molecular flexibility index (Phi) is 3.10. The van der Waals surface area contributed by atoms with Crippen molar-refractivity contribution < 1.29 is 14.3 Å². The van der Waals surface area contributed by atoms with Gasteiger partial charge in [-0.25, -0.2) is 9.18 Å². The molecule has 3 N–H and O–H groups in total. The van der Waals surface area contributed by atoms with E-state index in [1.165, 1.54) is 19.1 Å². The van der Waals surface area contributed by atoms with Gasteiger partial charge in [-0.05, 0) is 41.6 Å². The molecule has 3 nitrogen and oxygen atoms in total. The van der Waals surface area contributed by atoms with Gasteiger partial charge in [0.15, 0.2) is 0 Å². The van der Waals surface area contributed by atoms with Crippen LogP contribution in [0.15, 0.2) is 18.2 Å². The third kappa shape index (κ3) is 2.03. The van der Waals surface area contributed by atoms with Crippen LogP contribution in [0.2, 0.25) is 0 Å². The second-order valence-electron chi connectivity index (χ2n) is 3.13. The van der Waals surface area contributed by atoms with Crippen molar-refractivity contribution >= 4 is 28.6 Å². The van der Waals surface area contributed by atoms with Crippen molar-refractivity contribution in [3.8, 4) is 0 Å². The second-order valence-corrected chi connectivity index (χ2v) is 4.38. The normalized spacial score (nSPS) is 14.9. The van der Waals surface area contributed by atoms with Crippen LogP contribution in [0.1, 0.15) is 12.5 Å². The summed E-state index contributed by atoms with van der Waals surface area (Å²) in [7, 11) is 0. The van der Waals surface area contributed by atoms with Crippen molar-refractivity contribution in [1.29, 1.82) is 0 Å². The lowest BCUT2D eigenvalue weighted by Gasteiger charge is -2.20. The average Bonchev–Trinajstić information content (AvgIpc) is 2.02. The van der Waals surface area contributed by atoms with Gasteiger partial charge in [-0.2, -0.15) is 0 Å². The molecule has 1 aromatic rings. The number of hydrogen-bond donors (Lipinski definition) is 2. The van der Waals surface area contributed by atoms with Gasteiger partial charge in [-0.15, -0.1) is 0 Å². The smallest absolute Gasteiger partial charge is 0.328 e. The van der Waals surface area contributed by atoms with E-state index in [1.54, 1.807) is 6.07 Å². The maximum absolute atomic E-state index is 13.4. The van der Waals surface area contributed by atoms with Crippen molar-refractivity contribution in [3.63, 3.8) is 0 Å². The number of carbonyl (C=O) groups is 1. The van der Waals surface area contributed by atoms with Gasteiger partial charge in [0.1, 0.15) is 11.4 Å². The van der Waals surface area contributed by atoms with Gasteiger partial charge < -0.3 is 10.8 Å². The molecule has 1 aromatic carbocycles. The van der Waals surface area contributed by atoms with E-state index >= 15 is 0 Å². The first-order valence-electron chi connectivity index (χ1n) is 3.83. The van der Waals surface area contributed by atoms with Crippen molar-refractivity contribution in [3.05, 3.63) is 33.1 Å². The van der Waals surface area contributed by atoms with Crippen LogP contribution in [-0.4, -0.2) is 11.1 Å². The van der Waals surface area contributed by atoms with Crippen molar-refractivity contribution in [1.82, 2.24) is 0 Å². The minimum atomic E-state index is -1.69. The SMILES string of the molecule is CC(N)(C(=O)O)c1ccc(I)cc1F. The largest absolute Gasteiger partial charge is 0.480 e. The van der Waals surface area contributed by atoms with Crippen LogP contribution < -0.4 is 5.73 Å². The Morgan fingerprint density at radius 1 is 1.64 bits per heavy atom. The molecule has 0 aromatic heterocycles. The summed E-state index contributed by atoms with van der Waals surface area (Å²) in [4.78, 5) is 10.8. The van der Waals surface area contributed by atoms with Crippen LogP contribution in [0.25, 0.3) is 0 Å². The number of carboxylic acid groups (broad SMARTS) is 1. The van der Waals surface area contributed by atoms with Crippen LogP contribution >= 0.6 is 22.6 Å². The lowest BCUT2D eigenvalue weighted by molar-refractivity contribution is -0.143. The van der Waals surface area contributed by atoms with E-state index < -0.39 is 17.3 Å². The summed E-state index contributed by atoms with van der Waals surface area (Å²) in [6.45, 7) is 1.26. The van der Waals surface area contributed by atoms with E-state index in [-0.39, 0.29) is 5.56 Å². The van der Waals surface area contributed by atoms with E-state index in [2.05, 4.69) is 0 Å². The zero-order valence-electron chi connectivity index (χ0n) is 7.42. The minimum Gasteiger partial charge on any atom is -0.480 e. The van der Waals surface area contributed by atoms with Gasteiger partial charge in [-0.1, -0.05) is 6.07 Å². The minimum absolute atomic E-state index is 0.00887. The molecular weight excluding hydrogens is 300 g/mol. The zero-order valence-corrected chi connectivity index (χ0v) is 9.58. The number of nitrogens with two attached hydrogens (primary N) is 1. The fourth-order valence-corrected chi connectivity index (χ4v) is 1.48. The second kappa shape index (κ2) is 3.82. The molecule has 1 atom stereocenters. The Hall–Kier alpha value is -0.690. The number of carboxylic acids is 1. The lowest BCUT2D eigenvalue weighted by atomic mass is 9.93. The molecule has 0 aliphatic heterocycles. The highest BCUT2D eigenvalue weighted by Gasteiger charge is 2.32.